The summed E-state index contributed by atoms with van der Waals surface area (Å²) in [7, 11) is 0. The van der Waals surface area contributed by atoms with Crippen molar-refractivity contribution in [3.8, 4) is 11.5 Å². The van der Waals surface area contributed by atoms with Gasteiger partial charge in [-0.3, -0.25) is 4.79 Å². The molecule has 0 saturated heterocycles. The van der Waals surface area contributed by atoms with Gasteiger partial charge >= 0.3 is 0 Å². The first-order valence-electron chi connectivity index (χ1n) is 8.11. The molecule has 0 fully saturated rings. The number of ether oxygens (including phenoxy) is 2. The number of rotatable bonds is 7. The summed E-state index contributed by atoms with van der Waals surface area (Å²) in [6.07, 6.45) is 3.31. The minimum Gasteiger partial charge on any atom is -0.490 e. The molecule has 4 nitrogen and oxygen atoms in total. The monoisotopic (exact) mass is 319 g/mol. The van der Waals surface area contributed by atoms with E-state index in [1.165, 1.54) is 6.08 Å². The van der Waals surface area contributed by atoms with Crippen LogP contribution in [0, 0.1) is 5.92 Å². The Kier molecular flexibility index (Phi) is 7.14. The molecule has 0 aromatic heterocycles. The van der Waals surface area contributed by atoms with Crippen LogP contribution >= 0.6 is 0 Å². The van der Waals surface area contributed by atoms with Crippen LogP contribution in [0.5, 0.6) is 11.5 Å². The van der Waals surface area contributed by atoms with Gasteiger partial charge in [0.25, 0.3) is 0 Å². The first-order valence-corrected chi connectivity index (χ1v) is 8.11. The second kappa shape index (κ2) is 8.61. The zero-order valence-corrected chi connectivity index (χ0v) is 15.1. The highest BCUT2D eigenvalue weighted by Gasteiger charge is 2.11. The third-order valence-corrected chi connectivity index (χ3v) is 2.77. The maximum absolute atomic E-state index is 11.8. The molecule has 1 aromatic carbocycles. The van der Waals surface area contributed by atoms with Crippen molar-refractivity contribution in [1.82, 2.24) is 5.32 Å². The van der Waals surface area contributed by atoms with E-state index in [-0.39, 0.29) is 11.4 Å². The molecule has 0 radical (unpaired) electrons. The summed E-state index contributed by atoms with van der Waals surface area (Å²) in [6.45, 7) is 13.2. The molecule has 0 aliphatic carbocycles. The zero-order valence-electron chi connectivity index (χ0n) is 15.1. The van der Waals surface area contributed by atoms with Crippen LogP contribution < -0.4 is 14.8 Å². The Labute approximate surface area is 139 Å². The molecule has 0 spiro atoms. The summed E-state index contributed by atoms with van der Waals surface area (Å²) < 4.78 is 11.4. The Bertz CT molecular complexity index is 542. The van der Waals surface area contributed by atoms with Gasteiger partial charge in [-0.15, -0.1) is 0 Å². The lowest BCUT2D eigenvalue weighted by atomic mass is 10.1. The van der Waals surface area contributed by atoms with Crippen molar-refractivity contribution in [1.29, 1.82) is 0 Å². The molecule has 0 unspecified atom stereocenters. The van der Waals surface area contributed by atoms with Crippen molar-refractivity contribution in [2.75, 3.05) is 13.2 Å². The van der Waals surface area contributed by atoms with Gasteiger partial charge in [0, 0.05) is 11.6 Å². The molecule has 0 aliphatic heterocycles. The lowest BCUT2D eigenvalue weighted by molar-refractivity contribution is -0.117. The number of hydrogen-bond acceptors (Lipinski definition) is 3. The Morgan fingerprint density at radius 3 is 2.48 bits per heavy atom. The molecule has 1 rings (SSSR count). The molecule has 128 valence electrons. The van der Waals surface area contributed by atoms with E-state index in [9.17, 15) is 4.79 Å². The van der Waals surface area contributed by atoms with Crippen LogP contribution in [0.3, 0.4) is 0 Å². The van der Waals surface area contributed by atoms with Crippen LogP contribution in [0.2, 0.25) is 0 Å². The Balaban J connectivity index is 2.84. The number of nitrogens with one attached hydrogen (secondary N) is 1. The van der Waals surface area contributed by atoms with E-state index in [2.05, 4.69) is 19.2 Å². The van der Waals surface area contributed by atoms with Gasteiger partial charge in [-0.2, -0.15) is 0 Å². The van der Waals surface area contributed by atoms with E-state index in [1.54, 1.807) is 6.08 Å². The first-order chi connectivity index (χ1) is 10.7. The van der Waals surface area contributed by atoms with Crippen LogP contribution in [0.15, 0.2) is 24.3 Å². The van der Waals surface area contributed by atoms with Gasteiger partial charge in [0.05, 0.1) is 13.2 Å². The molecule has 23 heavy (non-hydrogen) atoms. The van der Waals surface area contributed by atoms with E-state index >= 15 is 0 Å². The van der Waals surface area contributed by atoms with Gasteiger partial charge in [0.2, 0.25) is 5.91 Å². The average Bonchev–Trinajstić information content (AvgIpc) is 2.42. The number of carbonyl (C=O) groups is 1. The van der Waals surface area contributed by atoms with Gasteiger partial charge in [-0.05, 0) is 57.4 Å². The van der Waals surface area contributed by atoms with Crippen molar-refractivity contribution in [2.24, 2.45) is 5.92 Å². The number of hydrogen-bond donors (Lipinski definition) is 1. The van der Waals surface area contributed by atoms with Gasteiger partial charge < -0.3 is 14.8 Å². The predicted molar refractivity (Wildman–Crippen MR) is 94.9 cm³/mol. The predicted octanol–water partition coefficient (Wildman–Crippen LogP) is 4.05. The van der Waals surface area contributed by atoms with Crippen LogP contribution in [-0.4, -0.2) is 24.7 Å². The first kappa shape index (κ1) is 19.1. The highest BCUT2D eigenvalue weighted by molar-refractivity contribution is 5.92. The summed E-state index contributed by atoms with van der Waals surface area (Å²) in [5.74, 6) is 1.77. The minimum absolute atomic E-state index is 0.115. The van der Waals surface area contributed by atoms with Gasteiger partial charge in [-0.25, -0.2) is 0 Å². The molecule has 1 aromatic rings. The van der Waals surface area contributed by atoms with E-state index < -0.39 is 0 Å². The van der Waals surface area contributed by atoms with Gasteiger partial charge in [0.1, 0.15) is 0 Å². The van der Waals surface area contributed by atoms with E-state index in [4.69, 9.17) is 9.47 Å². The molecule has 0 saturated carbocycles. The number of benzene rings is 1. The van der Waals surface area contributed by atoms with E-state index in [1.807, 2.05) is 45.9 Å². The highest BCUT2D eigenvalue weighted by Crippen LogP contribution is 2.29. The highest BCUT2D eigenvalue weighted by atomic mass is 16.5. The Morgan fingerprint density at radius 1 is 1.22 bits per heavy atom. The van der Waals surface area contributed by atoms with Crippen molar-refractivity contribution in [2.45, 2.75) is 47.1 Å². The summed E-state index contributed by atoms with van der Waals surface area (Å²) in [6, 6.07) is 5.69. The van der Waals surface area contributed by atoms with Gasteiger partial charge in [0.15, 0.2) is 11.5 Å². The molecular weight excluding hydrogens is 290 g/mol. The fourth-order valence-electron chi connectivity index (χ4n) is 1.86. The van der Waals surface area contributed by atoms with Crippen molar-refractivity contribution in [3.05, 3.63) is 29.8 Å². The smallest absolute Gasteiger partial charge is 0.244 e. The fraction of sp³-hybridized carbons (Fsp3) is 0.526. The minimum atomic E-state index is -0.244. The lowest BCUT2D eigenvalue weighted by Gasteiger charge is -2.19. The summed E-state index contributed by atoms with van der Waals surface area (Å²) >= 11 is 0. The molecule has 0 atom stereocenters. The molecule has 0 bridgehead atoms. The third-order valence-electron chi connectivity index (χ3n) is 2.77. The largest absolute Gasteiger partial charge is 0.490 e. The Hall–Kier alpha value is -1.97. The molecular formula is C19H29NO3. The molecule has 1 N–H and O–H groups in total. The average molecular weight is 319 g/mol. The van der Waals surface area contributed by atoms with Crippen molar-refractivity contribution in [3.63, 3.8) is 0 Å². The van der Waals surface area contributed by atoms with Crippen LogP contribution in [-0.2, 0) is 4.79 Å². The second-order valence-corrected chi connectivity index (χ2v) is 6.92. The molecule has 1 amide bonds. The molecule has 0 aliphatic rings. The standard InChI is InChI=1S/C19H29NO3/c1-7-22-17-12-15(8-10-16(17)23-13-14(2)3)9-11-18(21)20-19(4,5)6/h8-12,14H,7,13H2,1-6H3,(H,20,21). The molecule has 4 heteroatoms. The molecule has 0 heterocycles. The quantitative estimate of drug-likeness (QED) is 0.771. The Morgan fingerprint density at radius 2 is 1.91 bits per heavy atom. The van der Waals surface area contributed by atoms with Crippen LogP contribution in [0.25, 0.3) is 6.08 Å². The van der Waals surface area contributed by atoms with Crippen LogP contribution in [0.4, 0.5) is 0 Å². The number of carbonyl (C=O) groups excluding carboxylic acids is 1. The van der Waals surface area contributed by atoms with Crippen molar-refractivity contribution < 1.29 is 14.3 Å². The third kappa shape index (κ3) is 7.73. The maximum Gasteiger partial charge on any atom is 0.244 e. The maximum atomic E-state index is 11.8. The second-order valence-electron chi connectivity index (χ2n) is 6.92. The zero-order chi connectivity index (χ0) is 17.5. The lowest BCUT2D eigenvalue weighted by Crippen LogP contribution is -2.39. The van der Waals surface area contributed by atoms with Crippen molar-refractivity contribution >= 4 is 12.0 Å². The summed E-state index contributed by atoms with van der Waals surface area (Å²) in [5.41, 5.74) is 0.654. The fourth-order valence-corrected chi connectivity index (χ4v) is 1.86. The van der Waals surface area contributed by atoms with Gasteiger partial charge in [-0.1, -0.05) is 19.9 Å². The summed E-state index contributed by atoms with van der Waals surface area (Å²) in [5, 5.41) is 2.89. The normalized spacial score (nSPS) is 11.8. The van der Waals surface area contributed by atoms with Crippen LogP contribution in [0.1, 0.15) is 47.1 Å². The topological polar surface area (TPSA) is 47.6 Å². The number of amides is 1. The summed E-state index contributed by atoms with van der Waals surface area (Å²) in [4.78, 5) is 11.8. The van der Waals surface area contributed by atoms with E-state index in [0.717, 1.165) is 11.3 Å². The SMILES string of the molecule is CCOc1cc(C=CC(=O)NC(C)(C)C)ccc1OCC(C)C. The van der Waals surface area contributed by atoms with E-state index in [0.29, 0.717) is 24.9 Å².